The maximum Gasteiger partial charge on any atom is 0.321 e. The number of imide groups is 1. The molecule has 0 radical (unpaired) electrons. The molecular formula is C12H16N4O4. The monoisotopic (exact) mass is 280 g/mol. The van der Waals surface area contributed by atoms with Gasteiger partial charge in [0.1, 0.15) is 6.33 Å². The maximum absolute atomic E-state index is 11.5. The SMILES string of the molecule is CC(CC(=O)O)CC(=O)NC(=O)NCc1ccncn1. The van der Waals surface area contributed by atoms with Crippen molar-refractivity contribution in [2.45, 2.75) is 26.3 Å². The van der Waals surface area contributed by atoms with E-state index in [1.165, 1.54) is 6.33 Å². The summed E-state index contributed by atoms with van der Waals surface area (Å²) >= 11 is 0. The normalized spacial score (nSPS) is 11.4. The molecule has 1 atom stereocenters. The van der Waals surface area contributed by atoms with Gasteiger partial charge in [-0.05, 0) is 12.0 Å². The van der Waals surface area contributed by atoms with Crippen LogP contribution in [0.4, 0.5) is 4.79 Å². The van der Waals surface area contributed by atoms with Crippen LogP contribution >= 0.6 is 0 Å². The number of hydrogen-bond acceptors (Lipinski definition) is 5. The lowest BCUT2D eigenvalue weighted by Crippen LogP contribution is -2.39. The Morgan fingerprint density at radius 1 is 1.35 bits per heavy atom. The molecule has 3 N–H and O–H groups in total. The van der Waals surface area contributed by atoms with Gasteiger partial charge in [-0.15, -0.1) is 0 Å². The molecule has 0 bridgehead atoms. The summed E-state index contributed by atoms with van der Waals surface area (Å²) in [5.74, 6) is -1.82. The molecule has 1 rings (SSSR count). The van der Waals surface area contributed by atoms with E-state index in [9.17, 15) is 14.4 Å². The van der Waals surface area contributed by atoms with Gasteiger partial charge >= 0.3 is 12.0 Å². The molecule has 0 aliphatic rings. The summed E-state index contributed by atoms with van der Waals surface area (Å²) < 4.78 is 0. The zero-order valence-corrected chi connectivity index (χ0v) is 11.0. The first-order valence-corrected chi connectivity index (χ1v) is 6.01. The summed E-state index contributed by atoms with van der Waals surface area (Å²) in [6.45, 7) is 1.80. The number of rotatable bonds is 6. The van der Waals surface area contributed by atoms with Crippen LogP contribution in [0.2, 0.25) is 0 Å². The zero-order chi connectivity index (χ0) is 15.0. The Morgan fingerprint density at radius 3 is 2.70 bits per heavy atom. The summed E-state index contributed by atoms with van der Waals surface area (Å²) in [5, 5.41) is 13.2. The average molecular weight is 280 g/mol. The second-order valence-corrected chi connectivity index (χ2v) is 4.34. The molecule has 0 aliphatic carbocycles. The molecule has 108 valence electrons. The number of carbonyl (C=O) groups excluding carboxylic acids is 2. The minimum absolute atomic E-state index is 0.0206. The van der Waals surface area contributed by atoms with Crippen molar-refractivity contribution in [3.63, 3.8) is 0 Å². The van der Waals surface area contributed by atoms with Gasteiger partial charge in [0, 0.05) is 19.0 Å². The fourth-order valence-corrected chi connectivity index (χ4v) is 1.50. The van der Waals surface area contributed by atoms with E-state index in [-0.39, 0.29) is 25.3 Å². The van der Waals surface area contributed by atoms with Gasteiger partial charge in [0.05, 0.1) is 12.2 Å². The molecule has 1 heterocycles. The standard InChI is InChI=1S/C12H16N4O4/c1-8(5-11(18)19)4-10(17)16-12(20)14-6-9-2-3-13-7-15-9/h2-3,7-8H,4-6H2,1H3,(H,18,19)(H2,14,16,17,20). The number of urea groups is 1. The molecule has 0 fully saturated rings. The number of nitrogens with zero attached hydrogens (tertiary/aromatic N) is 2. The minimum atomic E-state index is -0.974. The first-order valence-electron chi connectivity index (χ1n) is 6.01. The summed E-state index contributed by atoms with van der Waals surface area (Å²) in [6, 6.07) is 0.993. The van der Waals surface area contributed by atoms with Crippen molar-refractivity contribution >= 4 is 17.9 Å². The average Bonchev–Trinajstić information content (AvgIpc) is 2.36. The van der Waals surface area contributed by atoms with Gasteiger partial charge in [-0.2, -0.15) is 0 Å². The van der Waals surface area contributed by atoms with Crippen LogP contribution < -0.4 is 10.6 Å². The first kappa shape index (κ1) is 15.5. The highest BCUT2D eigenvalue weighted by molar-refractivity contribution is 5.94. The molecule has 20 heavy (non-hydrogen) atoms. The number of carbonyl (C=O) groups is 3. The van der Waals surface area contributed by atoms with E-state index >= 15 is 0 Å². The quantitative estimate of drug-likeness (QED) is 0.689. The van der Waals surface area contributed by atoms with Crippen LogP contribution in [-0.2, 0) is 16.1 Å². The molecule has 0 saturated heterocycles. The van der Waals surface area contributed by atoms with E-state index < -0.39 is 17.9 Å². The number of nitrogens with one attached hydrogen (secondary N) is 2. The van der Waals surface area contributed by atoms with Crippen molar-refractivity contribution in [2.24, 2.45) is 5.92 Å². The van der Waals surface area contributed by atoms with E-state index in [4.69, 9.17) is 5.11 Å². The topological polar surface area (TPSA) is 121 Å². The molecule has 0 aliphatic heterocycles. The second-order valence-electron chi connectivity index (χ2n) is 4.34. The van der Waals surface area contributed by atoms with Gasteiger partial charge in [0.2, 0.25) is 5.91 Å². The van der Waals surface area contributed by atoms with E-state index in [1.54, 1.807) is 19.2 Å². The zero-order valence-electron chi connectivity index (χ0n) is 11.0. The smallest absolute Gasteiger partial charge is 0.321 e. The van der Waals surface area contributed by atoms with Crippen LogP contribution in [0, 0.1) is 5.92 Å². The van der Waals surface area contributed by atoms with Crippen LogP contribution in [0.1, 0.15) is 25.5 Å². The second kappa shape index (κ2) is 7.82. The van der Waals surface area contributed by atoms with E-state index in [0.717, 1.165) is 0 Å². The highest BCUT2D eigenvalue weighted by Crippen LogP contribution is 2.06. The number of aromatic nitrogens is 2. The maximum atomic E-state index is 11.5. The highest BCUT2D eigenvalue weighted by Gasteiger charge is 2.14. The predicted octanol–water partition coefficient (Wildman–Crippen LogP) is 0.303. The van der Waals surface area contributed by atoms with Crippen molar-refractivity contribution < 1.29 is 19.5 Å². The van der Waals surface area contributed by atoms with Crippen molar-refractivity contribution in [1.29, 1.82) is 0 Å². The van der Waals surface area contributed by atoms with Crippen LogP contribution in [0.25, 0.3) is 0 Å². The molecule has 1 unspecified atom stereocenters. The van der Waals surface area contributed by atoms with Crippen LogP contribution in [0.3, 0.4) is 0 Å². The number of aliphatic carboxylic acids is 1. The lowest BCUT2D eigenvalue weighted by molar-refractivity contribution is -0.138. The summed E-state index contributed by atoms with van der Waals surface area (Å²) in [4.78, 5) is 41.0. The van der Waals surface area contributed by atoms with E-state index in [1.807, 2.05) is 0 Å². The van der Waals surface area contributed by atoms with Gasteiger partial charge in [-0.3, -0.25) is 14.9 Å². The number of amides is 3. The third kappa shape index (κ3) is 6.43. The Morgan fingerprint density at radius 2 is 2.10 bits per heavy atom. The Kier molecular flexibility index (Phi) is 6.08. The summed E-state index contributed by atoms with van der Waals surface area (Å²) in [5.41, 5.74) is 0.613. The van der Waals surface area contributed by atoms with Crippen molar-refractivity contribution in [1.82, 2.24) is 20.6 Å². The van der Waals surface area contributed by atoms with E-state index in [2.05, 4.69) is 20.6 Å². The summed E-state index contributed by atoms with van der Waals surface area (Å²) in [6.07, 6.45) is 2.76. The Bertz CT molecular complexity index is 478. The number of carboxylic acid groups (broad SMARTS) is 1. The first-order chi connectivity index (χ1) is 9.47. The molecule has 8 nitrogen and oxygen atoms in total. The highest BCUT2D eigenvalue weighted by atomic mass is 16.4. The lowest BCUT2D eigenvalue weighted by Gasteiger charge is -2.09. The van der Waals surface area contributed by atoms with Gasteiger partial charge in [-0.25, -0.2) is 14.8 Å². The van der Waals surface area contributed by atoms with E-state index in [0.29, 0.717) is 5.69 Å². The van der Waals surface area contributed by atoms with Crippen LogP contribution in [0.15, 0.2) is 18.6 Å². The molecule has 1 aromatic heterocycles. The number of carboxylic acids is 1. The lowest BCUT2D eigenvalue weighted by atomic mass is 10.0. The fraction of sp³-hybridized carbons (Fsp3) is 0.417. The molecule has 0 saturated carbocycles. The molecule has 8 heteroatoms. The predicted molar refractivity (Wildman–Crippen MR) is 68.4 cm³/mol. The van der Waals surface area contributed by atoms with Crippen LogP contribution in [0.5, 0.6) is 0 Å². The Balaban J connectivity index is 2.28. The molecule has 3 amide bonds. The Labute approximate surface area is 115 Å². The van der Waals surface area contributed by atoms with Crippen LogP contribution in [-0.4, -0.2) is 33.0 Å². The molecular weight excluding hydrogens is 264 g/mol. The third-order valence-electron chi connectivity index (χ3n) is 2.38. The molecule has 0 aromatic carbocycles. The van der Waals surface area contributed by atoms with Crippen molar-refractivity contribution in [3.05, 3.63) is 24.3 Å². The van der Waals surface area contributed by atoms with Crippen molar-refractivity contribution in [3.8, 4) is 0 Å². The molecule has 0 spiro atoms. The van der Waals surface area contributed by atoms with Gasteiger partial charge in [0.15, 0.2) is 0 Å². The minimum Gasteiger partial charge on any atom is -0.481 e. The summed E-state index contributed by atoms with van der Waals surface area (Å²) in [7, 11) is 0. The van der Waals surface area contributed by atoms with Gasteiger partial charge in [-0.1, -0.05) is 6.92 Å². The van der Waals surface area contributed by atoms with Crippen molar-refractivity contribution in [2.75, 3.05) is 0 Å². The molecule has 1 aromatic rings. The van der Waals surface area contributed by atoms with Gasteiger partial charge in [0.25, 0.3) is 0 Å². The third-order valence-corrected chi connectivity index (χ3v) is 2.38. The van der Waals surface area contributed by atoms with Gasteiger partial charge < -0.3 is 10.4 Å². The Hall–Kier alpha value is -2.51. The number of hydrogen-bond donors (Lipinski definition) is 3. The largest absolute Gasteiger partial charge is 0.481 e. The fourth-order valence-electron chi connectivity index (χ4n) is 1.50.